The SMILES string of the molecule is Cc1c(C(=O)OCC(=O)N(C)Cc2c(F)cccc2Cl)sc2ncn(C)c(=O)c12. The average Bonchev–Trinajstić information content (AvgIpc) is 3.02. The van der Waals surface area contributed by atoms with Gasteiger partial charge in [0.15, 0.2) is 6.61 Å². The van der Waals surface area contributed by atoms with Crippen LogP contribution in [0.4, 0.5) is 4.39 Å². The number of thiophene rings is 1. The maximum atomic E-state index is 13.9. The number of amides is 1. The summed E-state index contributed by atoms with van der Waals surface area (Å²) in [5.41, 5.74) is 0.377. The fourth-order valence-corrected chi connectivity index (χ4v) is 3.97. The third kappa shape index (κ3) is 4.15. The first-order valence-corrected chi connectivity index (χ1v) is 9.68. The van der Waals surface area contributed by atoms with E-state index in [1.54, 1.807) is 14.0 Å². The zero-order valence-electron chi connectivity index (χ0n) is 15.9. The molecular weight excluding hydrogens is 421 g/mol. The average molecular weight is 438 g/mol. The van der Waals surface area contributed by atoms with Crippen molar-refractivity contribution in [2.45, 2.75) is 13.5 Å². The lowest BCUT2D eigenvalue weighted by Gasteiger charge is -2.18. The van der Waals surface area contributed by atoms with Crippen molar-refractivity contribution in [3.05, 3.63) is 61.7 Å². The minimum atomic E-state index is -0.724. The van der Waals surface area contributed by atoms with Gasteiger partial charge in [-0.15, -0.1) is 11.3 Å². The number of aryl methyl sites for hydroxylation is 2. The van der Waals surface area contributed by atoms with Crippen LogP contribution < -0.4 is 5.56 Å². The second kappa shape index (κ2) is 8.30. The van der Waals surface area contributed by atoms with E-state index < -0.39 is 24.3 Å². The lowest BCUT2D eigenvalue weighted by molar-refractivity contribution is -0.133. The molecule has 1 aromatic carbocycles. The second-order valence-electron chi connectivity index (χ2n) is 6.42. The summed E-state index contributed by atoms with van der Waals surface area (Å²) in [5, 5.41) is 0.557. The molecular formula is C19H17ClFN3O4S. The lowest BCUT2D eigenvalue weighted by Crippen LogP contribution is -2.31. The third-order valence-electron chi connectivity index (χ3n) is 4.41. The smallest absolute Gasteiger partial charge is 0.349 e. The first kappa shape index (κ1) is 20.9. The number of ether oxygens (including phenoxy) is 1. The van der Waals surface area contributed by atoms with Crippen molar-refractivity contribution in [1.29, 1.82) is 0 Å². The van der Waals surface area contributed by atoms with Crippen LogP contribution in [0.15, 0.2) is 29.3 Å². The number of benzene rings is 1. The highest BCUT2D eigenvalue weighted by Gasteiger charge is 2.22. The molecule has 0 saturated carbocycles. The van der Waals surface area contributed by atoms with Crippen LogP contribution in [-0.2, 0) is 23.1 Å². The van der Waals surface area contributed by atoms with E-state index >= 15 is 0 Å². The van der Waals surface area contributed by atoms with Crippen LogP contribution in [0.2, 0.25) is 5.02 Å². The van der Waals surface area contributed by atoms with Gasteiger partial charge in [0.1, 0.15) is 15.5 Å². The molecule has 152 valence electrons. The molecule has 0 aliphatic heterocycles. The van der Waals surface area contributed by atoms with Crippen molar-refractivity contribution >= 4 is 45.0 Å². The Morgan fingerprint density at radius 1 is 1.38 bits per heavy atom. The third-order valence-corrected chi connectivity index (χ3v) is 5.94. The number of hydrogen-bond acceptors (Lipinski definition) is 6. The van der Waals surface area contributed by atoms with Crippen molar-refractivity contribution < 1.29 is 18.7 Å². The highest BCUT2D eigenvalue weighted by molar-refractivity contribution is 7.20. The van der Waals surface area contributed by atoms with Crippen LogP contribution >= 0.6 is 22.9 Å². The Morgan fingerprint density at radius 3 is 2.79 bits per heavy atom. The molecule has 10 heteroatoms. The van der Waals surface area contributed by atoms with Gasteiger partial charge in [0.05, 0.1) is 11.7 Å². The fourth-order valence-electron chi connectivity index (χ4n) is 2.72. The summed E-state index contributed by atoms with van der Waals surface area (Å²) in [7, 11) is 3.03. The highest BCUT2D eigenvalue weighted by Crippen LogP contribution is 2.27. The molecule has 3 aromatic rings. The Balaban J connectivity index is 1.70. The van der Waals surface area contributed by atoms with E-state index in [1.165, 1.54) is 41.0 Å². The second-order valence-corrected chi connectivity index (χ2v) is 7.83. The topological polar surface area (TPSA) is 81.5 Å². The molecule has 0 spiro atoms. The van der Waals surface area contributed by atoms with Gasteiger partial charge >= 0.3 is 5.97 Å². The number of rotatable bonds is 5. The summed E-state index contributed by atoms with van der Waals surface area (Å²) in [6.45, 7) is 1.04. The van der Waals surface area contributed by atoms with E-state index in [4.69, 9.17) is 16.3 Å². The summed E-state index contributed by atoms with van der Waals surface area (Å²) < 4.78 is 20.3. The molecule has 2 heterocycles. The van der Waals surface area contributed by atoms with Crippen LogP contribution in [0, 0.1) is 12.7 Å². The summed E-state index contributed by atoms with van der Waals surface area (Å²) in [5.74, 6) is -1.77. The van der Waals surface area contributed by atoms with Crippen molar-refractivity contribution in [3.8, 4) is 0 Å². The maximum absolute atomic E-state index is 13.9. The molecule has 7 nitrogen and oxygen atoms in total. The first-order chi connectivity index (χ1) is 13.7. The number of halogens is 2. The molecule has 3 rings (SSSR count). The molecule has 0 radical (unpaired) electrons. The van der Waals surface area contributed by atoms with Gasteiger partial charge in [0, 0.05) is 31.2 Å². The molecule has 0 unspecified atom stereocenters. The van der Waals surface area contributed by atoms with Crippen molar-refractivity contribution in [2.24, 2.45) is 7.05 Å². The number of likely N-dealkylation sites (N-methyl/N-ethyl adjacent to an activating group) is 1. The quantitative estimate of drug-likeness (QED) is 0.573. The Labute approximate surface area is 174 Å². The molecule has 29 heavy (non-hydrogen) atoms. The number of carbonyl (C=O) groups is 2. The summed E-state index contributed by atoms with van der Waals surface area (Å²) >= 11 is 7.00. The van der Waals surface area contributed by atoms with Crippen LogP contribution in [-0.4, -0.2) is 40.0 Å². The number of fused-ring (bicyclic) bond motifs is 1. The van der Waals surface area contributed by atoms with Gasteiger partial charge in [-0.3, -0.25) is 9.59 Å². The van der Waals surface area contributed by atoms with E-state index in [0.29, 0.717) is 15.8 Å². The largest absolute Gasteiger partial charge is 0.451 e. The van der Waals surface area contributed by atoms with E-state index in [1.807, 2.05) is 0 Å². The minimum Gasteiger partial charge on any atom is -0.451 e. The predicted octanol–water partition coefficient (Wildman–Crippen LogP) is 2.91. The van der Waals surface area contributed by atoms with E-state index in [9.17, 15) is 18.8 Å². The molecule has 2 aromatic heterocycles. The number of hydrogen-bond donors (Lipinski definition) is 0. The van der Waals surface area contributed by atoms with Crippen LogP contribution in [0.25, 0.3) is 10.2 Å². The van der Waals surface area contributed by atoms with Crippen molar-refractivity contribution in [3.63, 3.8) is 0 Å². The summed E-state index contributed by atoms with van der Waals surface area (Å²) in [4.78, 5) is 42.9. The minimum absolute atomic E-state index is 0.0657. The molecule has 0 bridgehead atoms. The van der Waals surface area contributed by atoms with E-state index in [2.05, 4.69) is 4.98 Å². The van der Waals surface area contributed by atoms with E-state index in [0.717, 1.165) is 11.3 Å². The predicted molar refractivity (Wildman–Crippen MR) is 108 cm³/mol. The Kier molecular flexibility index (Phi) is 5.99. The molecule has 0 aliphatic carbocycles. The lowest BCUT2D eigenvalue weighted by atomic mass is 10.2. The van der Waals surface area contributed by atoms with Crippen LogP contribution in [0.3, 0.4) is 0 Å². The molecule has 0 atom stereocenters. The van der Waals surface area contributed by atoms with Gasteiger partial charge in [-0.2, -0.15) is 0 Å². The molecule has 1 amide bonds. The van der Waals surface area contributed by atoms with Gasteiger partial charge < -0.3 is 14.2 Å². The number of nitrogens with zero attached hydrogens (tertiary/aromatic N) is 3. The maximum Gasteiger partial charge on any atom is 0.349 e. The standard InChI is InChI=1S/C19H17ClFN3O4S/c1-10-15-17(22-9-24(3)18(15)26)29-16(10)19(27)28-8-14(25)23(2)7-11-12(20)5-4-6-13(11)21/h4-6,9H,7-8H2,1-3H3. The Bertz CT molecular complexity index is 1150. The number of carbonyl (C=O) groups excluding carboxylic acids is 2. The molecule has 0 saturated heterocycles. The Morgan fingerprint density at radius 2 is 2.10 bits per heavy atom. The molecule has 0 aliphatic rings. The number of esters is 1. The van der Waals surface area contributed by atoms with Crippen molar-refractivity contribution in [1.82, 2.24) is 14.5 Å². The zero-order valence-corrected chi connectivity index (χ0v) is 17.4. The molecule has 0 fully saturated rings. The monoisotopic (exact) mass is 437 g/mol. The normalized spacial score (nSPS) is 10.9. The fraction of sp³-hybridized carbons (Fsp3) is 0.263. The van der Waals surface area contributed by atoms with E-state index in [-0.39, 0.29) is 27.6 Å². The van der Waals surface area contributed by atoms with Gasteiger partial charge in [0.2, 0.25) is 0 Å². The van der Waals surface area contributed by atoms with Gasteiger partial charge in [-0.1, -0.05) is 17.7 Å². The van der Waals surface area contributed by atoms with Crippen LogP contribution in [0.1, 0.15) is 20.8 Å². The zero-order chi connectivity index (χ0) is 21.3. The Hall–Kier alpha value is -2.78. The highest BCUT2D eigenvalue weighted by atomic mass is 35.5. The summed E-state index contributed by atoms with van der Waals surface area (Å²) in [6.07, 6.45) is 1.38. The van der Waals surface area contributed by atoms with Gasteiger partial charge in [-0.25, -0.2) is 14.2 Å². The summed E-state index contributed by atoms with van der Waals surface area (Å²) in [6, 6.07) is 4.25. The number of aromatic nitrogens is 2. The first-order valence-electron chi connectivity index (χ1n) is 8.49. The van der Waals surface area contributed by atoms with Crippen molar-refractivity contribution in [2.75, 3.05) is 13.7 Å². The molecule has 0 N–H and O–H groups in total. The van der Waals surface area contributed by atoms with Gasteiger partial charge in [-0.05, 0) is 24.6 Å². The van der Waals surface area contributed by atoms with Crippen LogP contribution in [0.5, 0.6) is 0 Å². The van der Waals surface area contributed by atoms with Gasteiger partial charge in [0.25, 0.3) is 11.5 Å².